The molecule has 0 bridgehead atoms. The van der Waals surface area contributed by atoms with Gasteiger partial charge >= 0.3 is 0 Å². The van der Waals surface area contributed by atoms with Crippen molar-refractivity contribution in [3.63, 3.8) is 0 Å². The summed E-state index contributed by atoms with van der Waals surface area (Å²) in [6, 6.07) is 11.5. The van der Waals surface area contributed by atoms with Crippen molar-refractivity contribution in [1.29, 1.82) is 0 Å². The Bertz CT molecular complexity index is 591. The van der Waals surface area contributed by atoms with Gasteiger partial charge in [0.2, 0.25) is 0 Å². The van der Waals surface area contributed by atoms with Gasteiger partial charge in [-0.2, -0.15) is 0 Å². The number of hydrogen-bond donors (Lipinski definition) is 2. The first kappa shape index (κ1) is 15.3. The van der Waals surface area contributed by atoms with Crippen LogP contribution in [0.4, 0.5) is 0 Å². The van der Waals surface area contributed by atoms with E-state index in [-0.39, 0.29) is 18.1 Å². The van der Waals surface area contributed by atoms with E-state index in [2.05, 4.69) is 10.5 Å². The molecule has 2 N–H and O–H groups in total. The highest BCUT2D eigenvalue weighted by molar-refractivity contribution is 5.92. The third-order valence-corrected chi connectivity index (χ3v) is 3.29. The van der Waals surface area contributed by atoms with Gasteiger partial charge < -0.3 is 14.9 Å². The number of aryl methyl sites for hydroxylation is 2. The number of nitrogens with one attached hydrogen (secondary N) is 1. The predicted octanol–water partition coefficient (Wildman–Crippen LogP) is 2.10. The summed E-state index contributed by atoms with van der Waals surface area (Å²) in [6.07, 6.45) is 1.32. The topological polar surface area (TPSA) is 75.4 Å². The van der Waals surface area contributed by atoms with E-state index in [4.69, 9.17) is 4.52 Å². The molecule has 1 unspecified atom stereocenters. The third kappa shape index (κ3) is 4.72. The molecule has 0 spiro atoms. The maximum absolute atomic E-state index is 11.8. The molecule has 2 aromatic rings. The second kappa shape index (κ2) is 6.54. The molecule has 0 saturated heterocycles. The lowest BCUT2D eigenvalue weighted by atomic mass is 9.97. The quantitative estimate of drug-likeness (QED) is 0.853. The molecule has 1 atom stereocenters. The second-order valence-corrected chi connectivity index (χ2v) is 5.49. The standard InChI is InChI=1S/C16H20N2O3/c1-12-10-14(18-21-12)15(19)17-11-16(2,20)9-8-13-6-4-3-5-7-13/h3-7,10,20H,8-9,11H2,1-2H3,(H,17,19). The average molecular weight is 288 g/mol. The Morgan fingerprint density at radius 1 is 1.38 bits per heavy atom. The second-order valence-electron chi connectivity index (χ2n) is 5.49. The molecule has 1 heterocycles. The molecular formula is C16H20N2O3. The normalized spacial score (nSPS) is 13.7. The summed E-state index contributed by atoms with van der Waals surface area (Å²) >= 11 is 0. The van der Waals surface area contributed by atoms with Gasteiger partial charge in [0.1, 0.15) is 5.76 Å². The maximum Gasteiger partial charge on any atom is 0.273 e. The highest BCUT2D eigenvalue weighted by Gasteiger charge is 2.22. The highest BCUT2D eigenvalue weighted by Crippen LogP contribution is 2.13. The van der Waals surface area contributed by atoms with E-state index in [0.29, 0.717) is 12.2 Å². The zero-order valence-electron chi connectivity index (χ0n) is 12.3. The number of benzene rings is 1. The summed E-state index contributed by atoms with van der Waals surface area (Å²) in [5, 5.41) is 16.6. The van der Waals surface area contributed by atoms with Crippen molar-refractivity contribution >= 4 is 5.91 Å². The zero-order chi connectivity index (χ0) is 15.3. The van der Waals surface area contributed by atoms with Gasteiger partial charge in [-0.3, -0.25) is 4.79 Å². The summed E-state index contributed by atoms with van der Waals surface area (Å²) in [5.41, 5.74) is 0.423. The lowest BCUT2D eigenvalue weighted by Crippen LogP contribution is -2.41. The number of aromatic nitrogens is 1. The molecule has 0 aliphatic rings. The van der Waals surface area contributed by atoms with Crippen LogP contribution >= 0.6 is 0 Å². The number of carbonyl (C=O) groups is 1. The van der Waals surface area contributed by atoms with Gasteiger partial charge in [-0.1, -0.05) is 35.5 Å². The molecule has 5 nitrogen and oxygen atoms in total. The Morgan fingerprint density at radius 2 is 2.10 bits per heavy atom. The van der Waals surface area contributed by atoms with Crippen LogP contribution in [0.1, 0.15) is 35.2 Å². The van der Waals surface area contributed by atoms with Gasteiger partial charge in [-0.15, -0.1) is 0 Å². The summed E-state index contributed by atoms with van der Waals surface area (Å²) in [7, 11) is 0. The predicted molar refractivity (Wildman–Crippen MR) is 79.0 cm³/mol. The highest BCUT2D eigenvalue weighted by atomic mass is 16.5. The van der Waals surface area contributed by atoms with Crippen molar-refractivity contribution < 1.29 is 14.4 Å². The van der Waals surface area contributed by atoms with Crippen molar-refractivity contribution in [1.82, 2.24) is 10.5 Å². The molecule has 0 saturated carbocycles. The maximum atomic E-state index is 11.8. The van der Waals surface area contributed by atoms with Crippen LogP contribution in [0.15, 0.2) is 40.9 Å². The Labute approximate surface area is 124 Å². The van der Waals surface area contributed by atoms with Gasteiger partial charge in [-0.05, 0) is 32.3 Å². The van der Waals surface area contributed by atoms with Gasteiger partial charge in [0.05, 0.1) is 5.60 Å². The summed E-state index contributed by atoms with van der Waals surface area (Å²) < 4.78 is 4.85. The minimum absolute atomic E-state index is 0.171. The fourth-order valence-corrected chi connectivity index (χ4v) is 1.98. The number of amides is 1. The molecule has 1 aromatic heterocycles. The molecule has 112 valence electrons. The molecule has 0 radical (unpaired) electrons. The number of hydrogen-bond acceptors (Lipinski definition) is 4. The average Bonchev–Trinajstić information content (AvgIpc) is 2.91. The Hall–Kier alpha value is -2.14. The minimum atomic E-state index is -0.968. The van der Waals surface area contributed by atoms with Crippen LogP contribution in [0.5, 0.6) is 0 Å². The first-order chi connectivity index (χ1) is 9.96. The van der Waals surface area contributed by atoms with Crippen molar-refractivity contribution in [2.75, 3.05) is 6.54 Å². The molecule has 2 rings (SSSR count). The van der Waals surface area contributed by atoms with Crippen molar-refractivity contribution in [2.45, 2.75) is 32.3 Å². The van der Waals surface area contributed by atoms with Crippen LogP contribution in [-0.4, -0.2) is 28.3 Å². The fraction of sp³-hybridized carbons (Fsp3) is 0.375. The molecule has 0 fully saturated rings. The molecule has 0 aliphatic carbocycles. The van der Waals surface area contributed by atoms with Crippen molar-refractivity contribution in [2.24, 2.45) is 0 Å². The number of nitrogens with zero attached hydrogens (tertiary/aromatic N) is 1. The number of carbonyl (C=O) groups excluding carboxylic acids is 1. The van der Waals surface area contributed by atoms with E-state index < -0.39 is 5.60 Å². The molecule has 1 aromatic carbocycles. The van der Waals surface area contributed by atoms with E-state index in [1.54, 1.807) is 19.9 Å². The lowest BCUT2D eigenvalue weighted by Gasteiger charge is -2.23. The van der Waals surface area contributed by atoms with Crippen LogP contribution in [0.2, 0.25) is 0 Å². The largest absolute Gasteiger partial charge is 0.388 e. The van der Waals surface area contributed by atoms with E-state index >= 15 is 0 Å². The summed E-state index contributed by atoms with van der Waals surface area (Å²) in [6.45, 7) is 3.61. The lowest BCUT2D eigenvalue weighted by molar-refractivity contribution is 0.0476. The SMILES string of the molecule is Cc1cc(C(=O)NCC(C)(O)CCc2ccccc2)no1. The van der Waals surface area contributed by atoms with Crippen LogP contribution in [0.25, 0.3) is 0 Å². The van der Waals surface area contributed by atoms with Gasteiger partial charge in [-0.25, -0.2) is 0 Å². The molecule has 21 heavy (non-hydrogen) atoms. The van der Waals surface area contributed by atoms with E-state index in [0.717, 1.165) is 12.0 Å². The number of aliphatic hydroxyl groups is 1. The number of rotatable bonds is 6. The van der Waals surface area contributed by atoms with E-state index in [1.807, 2.05) is 30.3 Å². The Balaban J connectivity index is 1.82. The van der Waals surface area contributed by atoms with Crippen LogP contribution < -0.4 is 5.32 Å². The Morgan fingerprint density at radius 3 is 2.71 bits per heavy atom. The third-order valence-electron chi connectivity index (χ3n) is 3.29. The van der Waals surface area contributed by atoms with Gasteiger partial charge in [0.25, 0.3) is 5.91 Å². The van der Waals surface area contributed by atoms with Crippen molar-refractivity contribution in [3.05, 3.63) is 53.4 Å². The molecule has 0 aliphatic heterocycles. The van der Waals surface area contributed by atoms with Crippen LogP contribution in [-0.2, 0) is 6.42 Å². The fourth-order valence-electron chi connectivity index (χ4n) is 1.98. The monoisotopic (exact) mass is 288 g/mol. The van der Waals surface area contributed by atoms with Crippen LogP contribution in [0.3, 0.4) is 0 Å². The van der Waals surface area contributed by atoms with E-state index in [1.165, 1.54) is 0 Å². The Kier molecular flexibility index (Phi) is 4.75. The van der Waals surface area contributed by atoms with Gasteiger partial charge in [0.15, 0.2) is 5.69 Å². The smallest absolute Gasteiger partial charge is 0.273 e. The molecule has 5 heteroatoms. The first-order valence-corrected chi connectivity index (χ1v) is 6.94. The van der Waals surface area contributed by atoms with Crippen molar-refractivity contribution in [3.8, 4) is 0 Å². The minimum Gasteiger partial charge on any atom is -0.388 e. The molecular weight excluding hydrogens is 268 g/mol. The summed E-state index contributed by atoms with van der Waals surface area (Å²) in [4.78, 5) is 11.8. The van der Waals surface area contributed by atoms with Crippen LogP contribution in [0, 0.1) is 6.92 Å². The summed E-state index contributed by atoms with van der Waals surface area (Å²) in [5.74, 6) is 0.239. The zero-order valence-corrected chi connectivity index (χ0v) is 12.3. The first-order valence-electron chi connectivity index (χ1n) is 6.94. The van der Waals surface area contributed by atoms with E-state index in [9.17, 15) is 9.90 Å². The van der Waals surface area contributed by atoms with Gasteiger partial charge in [0, 0.05) is 12.6 Å². The molecule has 1 amide bonds.